The number of amides is 2. The van der Waals surface area contributed by atoms with E-state index < -0.39 is 11.4 Å². The molecule has 1 unspecified atom stereocenters. The van der Waals surface area contributed by atoms with Crippen molar-refractivity contribution in [3.63, 3.8) is 0 Å². The van der Waals surface area contributed by atoms with Gasteiger partial charge in [-0.15, -0.1) is 10.2 Å². The highest BCUT2D eigenvalue weighted by Gasteiger charge is 2.42. The van der Waals surface area contributed by atoms with Crippen LogP contribution in [0, 0.1) is 12.3 Å². The number of nitrogens with one attached hydrogen (secondary N) is 2. The molecule has 0 spiro atoms. The first-order valence-electron chi connectivity index (χ1n) is 7.02. The van der Waals surface area contributed by atoms with E-state index in [0.717, 1.165) is 11.3 Å². The molecule has 2 aromatic rings. The molecule has 3 heterocycles. The lowest BCUT2D eigenvalue weighted by molar-refractivity contribution is -0.146. The van der Waals surface area contributed by atoms with E-state index in [1.165, 1.54) is 16.2 Å². The number of aromatic nitrogens is 4. The second-order valence-corrected chi connectivity index (χ2v) is 6.77. The van der Waals surface area contributed by atoms with Gasteiger partial charge >= 0.3 is 12.0 Å². The van der Waals surface area contributed by atoms with Gasteiger partial charge in [-0.3, -0.25) is 15.2 Å². The van der Waals surface area contributed by atoms with E-state index in [1.54, 1.807) is 13.1 Å². The third-order valence-corrected chi connectivity index (χ3v) is 4.85. The molecule has 3 N–H and O–H groups in total. The Kier molecular flexibility index (Phi) is 3.76. The van der Waals surface area contributed by atoms with Crippen molar-refractivity contribution < 1.29 is 14.7 Å². The largest absolute Gasteiger partial charge is 0.481 e. The number of anilines is 1. The maximum absolute atomic E-state index is 12.2. The molecule has 9 nitrogen and oxygen atoms in total. The molecular weight excluding hydrogens is 320 g/mol. The zero-order valence-electron chi connectivity index (χ0n) is 12.7. The topological polar surface area (TPSA) is 124 Å². The van der Waals surface area contributed by atoms with Crippen LogP contribution in [0.3, 0.4) is 0 Å². The fraction of sp³-hybridized carbons (Fsp3) is 0.462. The van der Waals surface area contributed by atoms with E-state index in [9.17, 15) is 14.7 Å². The number of hydrogen-bond acceptors (Lipinski definition) is 6. The minimum Gasteiger partial charge on any atom is -0.481 e. The van der Waals surface area contributed by atoms with Crippen molar-refractivity contribution in [3.05, 3.63) is 11.9 Å². The van der Waals surface area contributed by atoms with Crippen molar-refractivity contribution in [3.8, 4) is 10.6 Å². The predicted octanol–water partition coefficient (Wildman–Crippen LogP) is 1.57. The third kappa shape index (κ3) is 2.89. The molecule has 0 radical (unpaired) electrons. The van der Waals surface area contributed by atoms with E-state index >= 15 is 0 Å². The Balaban J connectivity index is 1.67. The number of likely N-dealkylation sites (tertiary alicyclic amines) is 1. The normalized spacial score (nSPS) is 20.7. The molecule has 1 saturated heterocycles. The average Bonchev–Trinajstić information content (AvgIpc) is 3.19. The Labute approximate surface area is 135 Å². The van der Waals surface area contributed by atoms with Crippen LogP contribution in [0.2, 0.25) is 0 Å². The van der Waals surface area contributed by atoms with Crippen LogP contribution in [0.4, 0.5) is 9.93 Å². The van der Waals surface area contributed by atoms with E-state index in [1.807, 2.05) is 6.92 Å². The molecule has 1 aliphatic rings. The van der Waals surface area contributed by atoms with E-state index in [0.29, 0.717) is 23.1 Å². The zero-order chi connectivity index (χ0) is 16.6. The summed E-state index contributed by atoms with van der Waals surface area (Å²) in [7, 11) is 0. The minimum atomic E-state index is -0.891. The number of carbonyl (C=O) groups excluding carboxylic acids is 1. The molecule has 1 fully saturated rings. The number of H-pyrrole nitrogens is 1. The quantitative estimate of drug-likeness (QED) is 0.781. The summed E-state index contributed by atoms with van der Waals surface area (Å²) in [5.74, 6) is -0.888. The van der Waals surface area contributed by atoms with Gasteiger partial charge in [0.25, 0.3) is 0 Å². The molecule has 0 aliphatic carbocycles. The van der Waals surface area contributed by atoms with Gasteiger partial charge in [0.05, 0.1) is 17.2 Å². The molecule has 122 valence electrons. The number of aromatic amines is 1. The standard InChI is InChI=1S/C13H16N6O3S/c1-7-8(5-14-16-7)9-17-18-11(23-9)15-12(22)19-4-3-13(2,6-19)10(20)21/h5H,3-4,6H2,1-2H3,(H,14,16)(H,20,21)(H,15,18,22). The van der Waals surface area contributed by atoms with Crippen LogP contribution in [0.25, 0.3) is 10.6 Å². The van der Waals surface area contributed by atoms with E-state index in [2.05, 4.69) is 25.7 Å². The Morgan fingerprint density at radius 1 is 1.48 bits per heavy atom. The van der Waals surface area contributed by atoms with Crippen molar-refractivity contribution in [1.29, 1.82) is 0 Å². The molecule has 2 amide bonds. The lowest BCUT2D eigenvalue weighted by Crippen LogP contribution is -2.37. The highest BCUT2D eigenvalue weighted by molar-refractivity contribution is 7.18. The molecule has 23 heavy (non-hydrogen) atoms. The van der Waals surface area contributed by atoms with Crippen LogP contribution in [0.1, 0.15) is 19.0 Å². The van der Waals surface area contributed by atoms with Gasteiger partial charge in [-0.25, -0.2) is 4.79 Å². The van der Waals surface area contributed by atoms with Gasteiger partial charge < -0.3 is 10.0 Å². The summed E-state index contributed by atoms with van der Waals surface area (Å²) < 4.78 is 0. The monoisotopic (exact) mass is 336 g/mol. The second-order valence-electron chi connectivity index (χ2n) is 5.79. The maximum Gasteiger partial charge on any atom is 0.323 e. The first-order chi connectivity index (χ1) is 10.9. The smallest absolute Gasteiger partial charge is 0.323 e. The van der Waals surface area contributed by atoms with Crippen molar-refractivity contribution in [2.24, 2.45) is 5.41 Å². The van der Waals surface area contributed by atoms with Crippen molar-refractivity contribution in [1.82, 2.24) is 25.3 Å². The van der Waals surface area contributed by atoms with E-state index in [-0.39, 0.29) is 12.6 Å². The van der Waals surface area contributed by atoms with Crippen LogP contribution in [0.5, 0.6) is 0 Å². The molecule has 1 aliphatic heterocycles. The van der Waals surface area contributed by atoms with E-state index in [4.69, 9.17) is 0 Å². The van der Waals surface area contributed by atoms with Gasteiger partial charge in [0, 0.05) is 18.8 Å². The van der Waals surface area contributed by atoms with Crippen molar-refractivity contribution in [2.45, 2.75) is 20.3 Å². The summed E-state index contributed by atoms with van der Waals surface area (Å²) in [6, 6.07) is -0.360. The molecule has 0 saturated carbocycles. The molecule has 0 bridgehead atoms. The number of nitrogens with zero attached hydrogens (tertiary/aromatic N) is 4. The van der Waals surface area contributed by atoms with Crippen LogP contribution in [0.15, 0.2) is 6.20 Å². The number of aryl methyl sites for hydroxylation is 1. The fourth-order valence-electron chi connectivity index (χ4n) is 2.43. The number of carboxylic acid groups (broad SMARTS) is 1. The highest BCUT2D eigenvalue weighted by Crippen LogP contribution is 2.31. The summed E-state index contributed by atoms with van der Waals surface area (Å²) in [6.07, 6.45) is 2.09. The summed E-state index contributed by atoms with van der Waals surface area (Å²) in [4.78, 5) is 24.9. The lowest BCUT2D eigenvalue weighted by atomic mass is 9.90. The third-order valence-electron chi connectivity index (χ3n) is 3.98. The van der Waals surface area contributed by atoms with Crippen LogP contribution < -0.4 is 5.32 Å². The van der Waals surface area contributed by atoms with Gasteiger partial charge in [-0.2, -0.15) is 5.10 Å². The summed E-state index contributed by atoms with van der Waals surface area (Å²) in [5.41, 5.74) is 0.816. The first-order valence-corrected chi connectivity index (χ1v) is 7.84. The Bertz CT molecular complexity index is 756. The number of carboxylic acids is 1. The summed E-state index contributed by atoms with van der Waals surface area (Å²) in [6.45, 7) is 4.11. The maximum atomic E-state index is 12.2. The van der Waals surface area contributed by atoms with Crippen LogP contribution in [-0.4, -0.2) is 55.5 Å². The number of carbonyl (C=O) groups is 2. The average molecular weight is 336 g/mol. The fourth-order valence-corrected chi connectivity index (χ4v) is 3.23. The van der Waals surface area contributed by atoms with Crippen molar-refractivity contribution >= 4 is 28.5 Å². The lowest BCUT2D eigenvalue weighted by Gasteiger charge is -2.19. The number of aliphatic carboxylic acids is 1. The molecule has 1 atom stereocenters. The first kappa shape index (κ1) is 15.4. The molecule has 2 aromatic heterocycles. The second kappa shape index (κ2) is 5.61. The molecule has 10 heteroatoms. The molecule has 3 rings (SSSR count). The predicted molar refractivity (Wildman–Crippen MR) is 83.2 cm³/mol. The van der Waals surface area contributed by atoms with Gasteiger partial charge in [-0.1, -0.05) is 11.3 Å². The summed E-state index contributed by atoms with van der Waals surface area (Å²) in [5, 5.41) is 27.6. The van der Waals surface area contributed by atoms with Gasteiger partial charge in [-0.05, 0) is 20.3 Å². The zero-order valence-corrected chi connectivity index (χ0v) is 13.5. The van der Waals surface area contributed by atoms with Gasteiger partial charge in [0.1, 0.15) is 0 Å². The Morgan fingerprint density at radius 2 is 2.26 bits per heavy atom. The van der Waals surface area contributed by atoms with Crippen LogP contribution in [-0.2, 0) is 4.79 Å². The number of hydrogen-bond donors (Lipinski definition) is 3. The van der Waals surface area contributed by atoms with Crippen molar-refractivity contribution in [2.75, 3.05) is 18.4 Å². The highest BCUT2D eigenvalue weighted by atomic mass is 32.1. The number of rotatable bonds is 3. The molecular formula is C13H16N6O3S. The van der Waals surface area contributed by atoms with Crippen LogP contribution >= 0.6 is 11.3 Å². The van der Waals surface area contributed by atoms with Gasteiger partial charge in [0.2, 0.25) is 5.13 Å². The molecule has 0 aromatic carbocycles. The SMILES string of the molecule is Cc1[nH]ncc1-c1nnc(NC(=O)N2CCC(C)(C(=O)O)C2)s1. The van der Waals surface area contributed by atoms with Gasteiger partial charge in [0.15, 0.2) is 5.01 Å². The Morgan fingerprint density at radius 3 is 2.87 bits per heavy atom. The Hall–Kier alpha value is -2.49. The number of urea groups is 1. The summed E-state index contributed by atoms with van der Waals surface area (Å²) >= 11 is 1.24. The minimum absolute atomic E-state index is 0.181.